The lowest BCUT2D eigenvalue weighted by atomic mass is 10.2. The summed E-state index contributed by atoms with van der Waals surface area (Å²) >= 11 is 0. The number of carbonyl (C=O) groups is 1. The first-order valence-corrected chi connectivity index (χ1v) is 3.93. The number of hydrogen-bond acceptors (Lipinski definition) is 3. The average Bonchev–Trinajstić information content (AvgIpc) is 2.18. The Morgan fingerprint density at radius 1 is 1.35 bits per heavy atom. The van der Waals surface area contributed by atoms with Gasteiger partial charge in [-0.1, -0.05) is 0 Å². The van der Waals surface area contributed by atoms with Crippen LogP contribution in [-0.2, 0) is 0 Å². The minimum Gasteiger partial charge on any atom is -0.401 e. The lowest BCUT2D eigenvalue weighted by Crippen LogP contribution is -2.19. The van der Waals surface area contributed by atoms with Crippen LogP contribution in [0, 0.1) is 5.82 Å². The SMILES string of the molecule is O=Cc1ncc(OC(F)(F)F)c(F)c1C(F)F. The minimum atomic E-state index is -5.25. The van der Waals surface area contributed by atoms with Gasteiger partial charge in [0.2, 0.25) is 0 Å². The topological polar surface area (TPSA) is 39.2 Å². The summed E-state index contributed by atoms with van der Waals surface area (Å²) in [5.74, 6) is -3.48. The van der Waals surface area contributed by atoms with Gasteiger partial charge in [0.1, 0.15) is 5.69 Å². The molecule has 0 unspecified atom stereocenters. The molecule has 1 rings (SSSR count). The van der Waals surface area contributed by atoms with E-state index in [2.05, 4.69) is 9.72 Å². The predicted octanol–water partition coefficient (Wildman–Crippen LogP) is 2.87. The van der Waals surface area contributed by atoms with Crippen molar-refractivity contribution in [2.24, 2.45) is 0 Å². The van der Waals surface area contributed by atoms with Gasteiger partial charge < -0.3 is 4.74 Å². The fourth-order valence-corrected chi connectivity index (χ4v) is 0.997. The molecule has 0 amide bonds. The van der Waals surface area contributed by atoms with Crippen LogP contribution in [0.15, 0.2) is 6.20 Å². The zero-order chi connectivity index (χ0) is 13.2. The normalized spacial score (nSPS) is 11.7. The molecule has 17 heavy (non-hydrogen) atoms. The van der Waals surface area contributed by atoms with Gasteiger partial charge in [0.25, 0.3) is 6.43 Å². The van der Waals surface area contributed by atoms with Gasteiger partial charge in [0.05, 0.1) is 11.8 Å². The summed E-state index contributed by atoms with van der Waals surface area (Å²) in [6.07, 6.45) is -8.72. The summed E-state index contributed by atoms with van der Waals surface area (Å²) in [7, 11) is 0. The number of hydrogen-bond donors (Lipinski definition) is 0. The van der Waals surface area contributed by atoms with Crippen LogP contribution in [0.5, 0.6) is 5.75 Å². The van der Waals surface area contributed by atoms with E-state index in [1.807, 2.05) is 0 Å². The second-order valence-corrected chi connectivity index (χ2v) is 2.70. The largest absolute Gasteiger partial charge is 0.573 e. The summed E-state index contributed by atoms with van der Waals surface area (Å²) < 4.78 is 76.2. The van der Waals surface area contributed by atoms with Crippen molar-refractivity contribution < 1.29 is 35.9 Å². The van der Waals surface area contributed by atoms with Crippen LogP contribution in [0.4, 0.5) is 26.3 Å². The second kappa shape index (κ2) is 4.60. The zero-order valence-corrected chi connectivity index (χ0v) is 7.76. The highest BCUT2D eigenvalue weighted by Crippen LogP contribution is 2.32. The molecule has 3 nitrogen and oxygen atoms in total. The standard InChI is InChI=1S/C8H3F6NO2/c9-6-4(17-8(12,13)14)1-15-3(2-16)5(6)7(10)11/h1-2,7H. The summed E-state index contributed by atoms with van der Waals surface area (Å²) in [6.45, 7) is 0. The maximum atomic E-state index is 13.2. The number of carbonyl (C=O) groups excluding carboxylic acids is 1. The molecule has 0 bridgehead atoms. The van der Waals surface area contributed by atoms with E-state index >= 15 is 0 Å². The molecule has 0 aromatic carbocycles. The van der Waals surface area contributed by atoms with Crippen LogP contribution >= 0.6 is 0 Å². The number of rotatable bonds is 3. The van der Waals surface area contributed by atoms with E-state index in [0.29, 0.717) is 0 Å². The molecular weight excluding hydrogens is 256 g/mol. The van der Waals surface area contributed by atoms with Gasteiger partial charge in [-0.2, -0.15) is 0 Å². The number of alkyl halides is 5. The summed E-state index contributed by atoms with van der Waals surface area (Å²) in [5, 5.41) is 0. The van der Waals surface area contributed by atoms with E-state index in [4.69, 9.17) is 0 Å². The smallest absolute Gasteiger partial charge is 0.401 e. The van der Waals surface area contributed by atoms with Crippen molar-refractivity contribution in [3.05, 3.63) is 23.3 Å². The minimum absolute atomic E-state index is 0.193. The van der Waals surface area contributed by atoms with Crippen LogP contribution < -0.4 is 4.74 Å². The molecule has 1 heterocycles. The Kier molecular flexibility index (Phi) is 3.59. The maximum absolute atomic E-state index is 13.2. The van der Waals surface area contributed by atoms with E-state index in [1.54, 1.807) is 0 Å². The van der Waals surface area contributed by atoms with Crippen molar-refractivity contribution in [2.45, 2.75) is 12.8 Å². The molecule has 9 heteroatoms. The third-order valence-corrected chi connectivity index (χ3v) is 1.61. The lowest BCUT2D eigenvalue weighted by molar-refractivity contribution is -0.275. The molecule has 0 saturated carbocycles. The molecular formula is C8H3F6NO2. The Morgan fingerprint density at radius 3 is 2.35 bits per heavy atom. The van der Waals surface area contributed by atoms with Gasteiger partial charge in [-0.05, 0) is 0 Å². The first kappa shape index (κ1) is 13.3. The van der Waals surface area contributed by atoms with E-state index < -0.39 is 35.6 Å². The molecule has 0 spiro atoms. The van der Waals surface area contributed by atoms with E-state index in [1.165, 1.54) is 0 Å². The van der Waals surface area contributed by atoms with Gasteiger partial charge in [0.15, 0.2) is 17.9 Å². The fourth-order valence-electron chi connectivity index (χ4n) is 0.997. The molecule has 0 radical (unpaired) electrons. The first-order chi connectivity index (χ1) is 7.76. The second-order valence-electron chi connectivity index (χ2n) is 2.70. The first-order valence-electron chi connectivity index (χ1n) is 3.93. The molecule has 0 N–H and O–H groups in total. The summed E-state index contributed by atoms with van der Waals surface area (Å²) in [4.78, 5) is 13.2. The number of halogens is 6. The Balaban J connectivity index is 3.28. The van der Waals surface area contributed by atoms with Crippen LogP contribution in [0.2, 0.25) is 0 Å². The number of pyridine rings is 1. The van der Waals surface area contributed by atoms with Crippen LogP contribution in [-0.4, -0.2) is 17.6 Å². The summed E-state index contributed by atoms with van der Waals surface area (Å²) in [6, 6.07) is 0. The van der Waals surface area contributed by atoms with E-state index in [9.17, 15) is 31.1 Å². The molecule has 0 aliphatic carbocycles. The highest BCUT2D eigenvalue weighted by Gasteiger charge is 2.34. The quantitative estimate of drug-likeness (QED) is 0.618. The number of ether oxygens (including phenoxy) is 1. The van der Waals surface area contributed by atoms with Crippen molar-refractivity contribution in [2.75, 3.05) is 0 Å². The average molecular weight is 259 g/mol. The number of nitrogens with zero attached hydrogens (tertiary/aromatic N) is 1. The van der Waals surface area contributed by atoms with Gasteiger partial charge in [-0.15, -0.1) is 13.2 Å². The number of aromatic nitrogens is 1. The van der Waals surface area contributed by atoms with Crippen molar-refractivity contribution >= 4 is 6.29 Å². The Hall–Kier alpha value is -1.80. The van der Waals surface area contributed by atoms with Gasteiger partial charge >= 0.3 is 6.36 Å². The Bertz CT molecular complexity index is 431. The van der Waals surface area contributed by atoms with Gasteiger partial charge in [-0.3, -0.25) is 4.79 Å². The molecule has 0 fully saturated rings. The highest BCUT2D eigenvalue weighted by molar-refractivity contribution is 5.74. The molecule has 0 atom stereocenters. The van der Waals surface area contributed by atoms with E-state index in [0.717, 1.165) is 0 Å². The van der Waals surface area contributed by atoms with E-state index in [-0.39, 0.29) is 12.5 Å². The third kappa shape index (κ3) is 3.08. The molecule has 0 aliphatic rings. The van der Waals surface area contributed by atoms with Crippen molar-refractivity contribution in [1.82, 2.24) is 4.98 Å². The van der Waals surface area contributed by atoms with Crippen molar-refractivity contribution in [3.8, 4) is 5.75 Å². The highest BCUT2D eigenvalue weighted by atomic mass is 19.4. The van der Waals surface area contributed by atoms with Crippen LogP contribution in [0.3, 0.4) is 0 Å². The van der Waals surface area contributed by atoms with Gasteiger partial charge in [0, 0.05) is 0 Å². The lowest BCUT2D eigenvalue weighted by Gasteiger charge is -2.12. The van der Waals surface area contributed by atoms with Crippen molar-refractivity contribution in [1.29, 1.82) is 0 Å². The molecule has 1 aromatic rings. The monoisotopic (exact) mass is 259 g/mol. The Morgan fingerprint density at radius 2 is 1.94 bits per heavy atom. The van der Waals surface area contributed by atoms with Crippen LogP contribution in [0.1, 0.15) is 22.5 Å². The molecule has 1 aromatic heterocycles. The maximum Gasteiger partial charge on any atom is 0.573 e. The zero-order valence-electron chi connectivity index (χ0n) is 7.76. The van der Waals surface area contributed by atoms with Gasteiger partial charge in [-0.25, -0.2) is 18.2 Å². The molecule has 94 valence electrons. The molecule has 0 saturated heterocycles. The van der Waals surface area contributed by atoms with Crippen LogP contribution in [0.25, 0.3) is 0 Å². The number of aldehydes is 1. The predicted molar refractivity (Wildman–Crippen MR) is 41.2 cm³/mol. The van der Waals surface area contributed by atoms with Crippen molar-refractivity contribution in [3.63, 3.8) is 0 Å². The third-order valence-electron chi connectivity index (χ3n) is 1.61. The summed E-state index contributed by atoms with van der Waals surface area (Å²) in [5.41, 5.74) is -2.51. The Labute approximate surface area is 90.0 Å². The molecule has 0 aliphatic heterocycles. The fraction of sp³-hybridized carbons (Fsp3) is 0.250.